The second-order valence-corrected chi connectivity index (χ2v) is 26.6. The molecule has 4 aliphatic carbocycles. The number of amides is 1. The first-order valence-electron chi connectivity index (χ1n) is 32.2. The number of nitrogens with one attached hydrogen (secondary N) is 3. The molecule has 0 saturated heterocycles. The molecular weight excluding hydrogens is 1090 g/mol. The molecule has 7 aliphatic rings. The molecule has 3 aliphatic heterocycles. The molecule has 87 heavy (non-hydrogen) atoms. The fraction of sp³-hybridized carbons (Fsp3) is 0.542. The number of Topliss-reactive ketones (excluding diaryl/α,β-unsaturated/α-hetero) is 1. The minimum absolute atomic E-state index is 0.0134. The standard InChI is InChI=1S/C72H95N7O8/c1-44-13-7-8-34-87-43-53(20-9-14-45(2)61(30-23-44)76-40-47-15-5-4-6-16-47)64-52-21-12-32-71(86)33-31-56-46(3)62(82)38-51-19-11-22-57-65(51)66(69(85)79-68(57)73)77-42-63(83)58(59(41-78-70(74)75)50-24-26-54(80)27-25-50)37-49-18-10-17-48(35-49)36-55(81)28-29-60(56)72(71,39-52)67(64)84/h9-11,14,17-20,22-27,35,47,52,55,58-61,63-64,66-68,76-77,80-81,83-84,86H,2,4-6,12-13,15-16,21,28-34,36-43,73H2,1,3H3,(H,79,85)(H4,74,75,78)/b14-9+,44-23+,53-20-,56-46+/t52-,55+,58+,59-,60-,61-,63-,64-,66-,67-,68-,71-,72-/m1/s1. The lowest BCUT2D eigenvalue weighted by Crippen LogP contribution is -2.61. The fourth-order valence-electron chi connectivity index (χ4n) is 16.5. The maximum atomic E-state index is 15.4. The number of ketones is 1. The molecule has 1 amide bonds. The van der Waals surface area contributed by atoms with E-state index in [1.165, 1.54) is 37.7 Å². The van der Waals surface area contributed by atoms with Crippen LogP contribution in [0.2, 0.25) is 0 Å². The first-order chi connectivity index (χ1) is 41.9. The van der Waals surface area contributed by atoms with Crippen molar-refractivity contribution in [2.24, 2.45) is 57.2 Å². The topological polar surface area (TPSA) is 271 Å². The summed E-state index contributed by atoms with van der Waals surface area (Å²) in [5.41, 5.74) is 25.2. The number of benzene rings is 3. The quantitative estimate of drug-likeness (QED) is 0.0441. The zero-order valence-corrected chi connectivity index (χ0v) is 51.2. The second kappa shape index (κ2) is 28.5. The van der Waals surface area contributed by atoms with E-state index < -0.39 is 65.2 Å². The summed E-state index contributed by atoms with van der Waals surface area (Å²) in [5, 5.41) is 72.7. The Morgan fingerprint density at radius 2 is 1.70 bits per heavy atom. The Kier molecular flexibility index (Phi) is 20.9. The first kappa shape index (κ1) is 63.8. The van der Waals surface area contributed by atoms with E-state index in [4.69, 9.17) is 21.9 Å². The van der Waals surface area contributed by atoms with E-state index in [1.54, 1.807) is 24.3 Å². The molecule has 10 rings (SSSR count). The number of nitrogens with two attached hydrogens (primary N) is 3. The highest BCUT2D eigenvalue weighted by molar-refractivity contribution is 5.98. The third-order valence-electron chi connectivity index (χ3n) is 21.1. The van der Waals surface area contributed by atoms with Crippen LogP contribution in [-0.2, 0) is 33.6 Å². The van der Waals surface area contributed by atoms with Gasteiger partial charge in [0.15, 0.2) is 11.7 Å². The Labute approximate surface area is 515 Å². The normalized spacial score (nSPS) is 34.4. The Morgan fingerprint density at radius 1 is 0.931 bits per heavy atom. The number of guanidine groups is 1. The smallest absolute Gasteiger partial charge is 0.243 e. The van der Waals surface area contributed by atoms with E-state index in [9.17, 15) is 30.3 Å². The maximum Gasteiger partial charge on any atom is 0.243 e. The summed E-state index contributed by atoms with van der Waals surface area (Å²) in [6.07, 6.45) is 17.3. The van der Waals surface area contributed by atoms with Crippen molar-refractivity contribution >= 4 is 17.6 Å². The Balaban J connectivity index is 1.03. The van der Waals surface area contributed by atoms with Gasteiger partial charge in [0.25, 0.3) is 0 Å². The molecule has 3 aromatic carbocycles. The maximum absolute atomic E-state index is 15.4. The molecule has 13 atom stereocenters. The molecule has 466 valence electrons. The van der Waals surface area contributed by atoms with Crippen molar-refractivity contribution in [1.82, 2.24) is 16.0 Å². The highest BCUT2D eigenvalue weighted by atomic mass is 16.5. The van der Waals surface area contributed by atoms with Gasteiger partial charge in [-0.2, -0.15) is 0 Å². The predicted molar refractivity (Wildman–Crippen MR) is 342 cm³/mol. The van der Waals surface area contributed by atoms with Crippen molar-refractivity contribution in [3.05, 3.63) is 159 Å². The van der Waals surface area contributed by atoms with Crippen LogP contribution in [0.5, 0.6) is 5.75 Å². The number of aliphatic hydroxyl groups is 4. The molecule has 1 spiro atoms. The monoisotopic (exact) mass is 1190 g/mol. The molecule has 0 aromatic heterocycles. The van der Waals surface area contributed by atoms with Gasteiger partial charge in [-0.05, 0) is 183 Å². The predicted octanol–water partition coefficient (Wildman–Crippen LogP) is 8.16. The van der Waals surface area contributed by atoms with Crippen molar-refractivity contribution in [3.8, 4) is 17.6 Å². The minimum atomic E-state index is -1.28. The average molecular weight is 1190 g/mol. The first-order valence-corrected chi connectivity index (χ1v) is 32.2. The molecule has 3 heterocycles. The third kappa shape index (κ3) is 14.5. The summed E-state index contributed by atoms with van der Waals surface area (Å²) in [5.74, 6) is 4.76. The van der Waals surface area contributed by atoms with Gasteiger partial charge in [0, 0.05) is 49.2 Å². The second-order valence-electron chi connectivity index (χ2n) is 26.6. The number of hydrogen-bond donors (Lipinski definition) is 11. The number of fused-ring (bicyclic) bond motifs is 4. The minimum Gasteiger partial charge on any atom is -0.508 e. The fourth-order valence-corrected chi connectivity index (χ4v) is 16.5. The molecule has 15 heteroatoms. The number of nitrogens with zero attached hydrogens (tertiary/aromatic N) is 1. The highest BCUT2D eigenvalue weighted by Gasteiger charge is 2.69. The van der Waals surface area contributed by atoms with Crippen molar-refractivity contribution in [2.45, 2.75) is 178 Å². The summed E-state index contributed by atoms with van der Waals surface area (Å²) >= 11 is 0. The van der Waals surface area contributed by atoms with Crippen LogP contribution in [0, 0.1) is 46.8 Å². The SMILES string of the molecule is C=C1/C=C/C=C(\[C@H]2[C@@H]3CCC[C@@]4(O)CC/C5=C(/C)C(=O)Cc6cccc7c6[C@@H](NC[C@@H](O)[C@H]([C@H](CN=C(N)N)c6ccc(O)cc6)Cc6cccc(c6)C[C@@H](O)CC[C@H]5[C@]4(C3)[C@@H]2O)C(=O)N[C@H]7N)COCC#CC/C(C)=C/C[C@H]1NCC1CCCCC1. The number of allylic oxidation sites excluding steroid dienone is 5. The van der Waals surface area contributed by atoms with Crippen LogP contribution in [0.15, 0.2) is 130 Å². The van der Waals surface area contributed by atoms with Gasteiger partial charge in [0.1, 0.15) is 24.6 Å². The number of phenols is 1. The van der Waals surface area contributed by atoms with Crippen LogP contribution >= 0.6 is 0 Å². The number of carbonyl (C=O) groups is 2. The lowest BCUT2D eigenvalue weighted by molar-refractivity contribution is -0.181. The number of ether oxygens (including phenoxy) is 1. The van der Waals surface area contributed by atoms with Crippen LogP contribution in [-0.4, -0.2) is 106 Å². The number of rotatable bonds is 8. The molecule has 4 bridgehead atoms. The van der Waals surface area contributed by atoms with Crippen molar-refractivity contribution in [1.29, 1.82) is 0 Å². The number of carbonyl (C=O) groups excluding carboxylic acids is 2. The van der Waals surface area contributed by atoms with E-state index in [0.29, 0.717) is 86.0 Å². The summed E-state index contributed by atoms with van der Waals surface area (Å²) < 4.78 is 6.42. The van der Waals surface area contributed by atoms with Crippen LogP contribution in [0.3, 0.4) is 0 Å². The molecule has 15 nitrogen and oxygen atoms in total. The highest BCUT2D eigenvalue weighted by Crippen LogP contribution is 2.68. The number of aliphatic hydroxyl groups excluding tert-OH is 3. The van der Waals surface area contributed by atoms with E-state index in [2.05, 4.69) is 76.7 Å². The van der Waals surface area contributed by atoms with E-state index in [1.807, 2.05) is 43.3 Å². The number of aromatic hydroxyl groups is 1. The Bertz CT molecular complexity index is 3180. The molecule has 0 radical (unpaired) electrons. The van der Waals surface area contributed by atoms with Gasteiger partial charge < -0.3 is 58.1 Å². The number of hydrogen-bond acceptors (Lipinski definition) is 12. The van der Waals surface area contributed by atoms with Gasteiger partial charge in [0.05, 0.1) is 30.5 Å². The summed E-state index contributed by atoms with van der Waals surface area (Å²) in [6, 6.07) is 19.4. The molecular formula is C72H95N7O8. The summed E-state index contributed by atoms with van der Waals surface area (Å²) in [6.45, 7) is 10.1. The van der Waals surface area contributed by atoms with E-state index in [-0.39, 0.29) is 68.1 Å². The van der Waals surface area contributed by atoms with Gasteiger partial charge in [-0.25, -0.2) is 0 Å². The number of aliphatic imine (C=N–C) groups is 1. The summed E-state index contributed by atoms with van der Waals surface area (Å²) in [4.78, 5) is 34.2. The summed E-state index contributed by atoms with van der Waals surface area (Å²) in [7, 11) is 0. The van der Waals surface area contributed by atoms with Crippen LogP contribution in [0.4, 0.5) is 0 Å². The van der Waals surface area contributed by atoms with Gasteiger partial charge in [-0.15, -0.1) is 0 Å². The molecule has 3 aromatic rings. The van der Waals surface area contributed by atoms with Crippen LogP contribution < -0.4 is 33.2 Å². The lowest BCUT2D eigenvalue weighted by atomic mass is 9.51. The van der Waals surface area contributed by atoms with Gasteiger partial charge in [-0.3, -0.25) is 19.9 Å². The average Bonchev–Trinajstić information content (AvgIpc) is 1.69. The van der Waals surface area contributed by atoms with Gasteiger partial charge in [0.2, 0.25) is 5.91 Å². The lowest BCUT2D eigenvalue weighted by Gasteiger charge is -2.57. The van der Waals surface area contributed by atoms with Crippen LogP contribution in [0.25, 0.3) is 0 Å². The Morgan fingerprint density at radius 3 is 2.48 bits per heavy atom. The molecule has 14 N–H and O–H groups in total. The zero-order valence-electron chi connectivity index (χ0n) is 51.2. The van der Waals surface area contributed by atoms with Gasteiger partial charge in [-0.1, -0.05) is 134 Å². The van der Waals surface area contributed by atoms with E-state index >= 15 is 4.79 Å². The number of phenolic OH excluding ortho intramolecular Hbond substituents is 1. The van der Waals surface area contributed by atoms with Crippen molar-refractivity contribution in [2.75, 3.05) is 32.8 Å². The third-order valence-corrected chi connectivity index (χ3v) is 21.1. The Hall–Kier alpha value is -6.19. The zero-order chi connectivity index (χ0) is 61.4. The number of β-amino-alcohol motifs (C(OH)–C–C–N with tert-alkyl or cyclic N) is 1. The van der Waals surface area contributed by atoms with Gasteiger partial charge >= 0.3 is 0 Å². The van der Waals surface area contributed by atoms with E-state index in [0.717, 1.165) is 59.2 Å². The van der Waals surface area contributed by atoms with Crippen LogP contribution in [0.1, 0.15) is 162 Å². The van der Waals surface area contributed by atoms with Crippen molar-refractivity contribution < 1.29 is 39.9 Å². The largest absolute Gasteiger partial charge is 0.508 e. The molecule has 4 fully saturated rings. The molecule has 0 unspecified atom stereocenters. The molecule has 4 saturated carbocycles. The van der Waals surface area contributed by atoms with Crippen molar-refractivity contribution in [3.63, 3.8) is 0 Å².